The number of nitrogens with one attached hydrogen (secondary N) is 1. The van der Waals surface area contributed by atoms with Gasteiger partial charge in [-0.25, -0.2) is 31.0 Å². The van der Waals surface area contributed by atoms with Crippen LogP contribution in [0.5, 0.6) is 5.88 Å². The number of hydrogen-bond acceptors (Lipinski definition) is 4. The molecule has 0 atom stereocenters. The molecule has 1 aromatic carbocycles. The van der Waals surface area contributed by atoms with Crippen LogP contribution in [0.3, 0.4) is 0 Å². The van der Waals surface area contributed by atoms with Crippen LogP contribution >= 0.6 is 0 Å². The van der Waals surface area contributed by atoms with Crippen molar-refractivity contribution in [2.24, 2.45) is 0 Å². The van der Waals surface area contributed by atoms with Crippen LogP contribution in [0.2, 0.25) is 0 Å². The van der Waals surface area contributed by atoms with Gasteiger partial charge in [0.15, 0.2) is 23.3 Å². The Morgan fingerprint density at radius 2 is 1.68 bits per heavy atom. The summed E-state index contributed by atoms with van der Waals surface area (Å²) in [6.07, 6.45) is 0.854. The molecule has 0 amide bonds. The Hall–Kier alpha value is -2.36. The third-order valence-electron chi connectivity index (χ3n) is 2.58. The number of halogens is 4. The van der Waals surface area contributed by atoms with E-state index in [0.717, 1.165) is 12.3 Å². The Bertz CT molecular complexity index is 784. The fourth-order valence-electron chi connectivity index (χ4n) is 1.50. The van der Waals surface area contributed by atoms with E-state index in [0.29, 0.717) is 0 Å². The predicted molar refractivity (Wildman–Crippen MR) is 67.9 cm³/mol. The second-order valence-electron chi connectivity index (χ2n) is 3.98. The Morgan fingerprint density at radius 3 is 2.14 bits per heavy atom. The first-order valence-electron chi connectivity index (χ1n) is 5.62. The van der Waals surface area contributed by atoms with Gasteiger partial charge in [0.25, 0.3) is 10.0 Å². The van der Waals surface area contributed by atoms with Crippen LogP contribution in [-0.4, -0.2) is 20.5 Å². The summed E-state index contributed by atoms with van der Waals surface area (Å²) >= 11 is 0. The summed E-state index contributed by atoms with van der Waals surface area (Å²) in [5.41, 5.74) is -1.45. The molecular weight excluding hydrogens is 328 g/mol. The summed E-state index contributed by atoms with van der Waals surface area (Å²) in [6.45, 7) is 0. The van der Waals surface area contributed by atoms with Crippen molar-refractivity contribution in [1.29, 1.82) is 0 Å². The lowest BCUT2D eigenvalue weighted by molar-refractivity contribution is 0.397. The average Bonchev–Trinajstić information content (AvgIpc) is 2.49. The molecule has 0 saturated carbocycles. The minimum Gasteiger partial charge on any atom is -0.481 e. The molecule has 1 heterocycles. The first-order chi connectivity index (χ1) is 10.3. The zero-order valence-corrected chi connectivity index (χ0v) is 11.7. The van der Waals surface area contributed by atoms with E-state index in [2.05, 4.69) is 4.98 Å². The molecule has 0 fully saturated rings. The number of anilines is 1. The molecule has 0 aliphatic carbocycles. The van der Waals surface area contributed by atoms with E-state index in [1.54, 1.807) is 0 Å². The SMILES string of the molecule is COc1ccc(S(=O)(=O)Nc2c(F)c(F)cc(F)c2F)cn1. The number of aromatic nitrogens is 1. The van der Waals surface area contributed by atoms with Crippen molar-refractivity contribution in [3.63, 3.8) is 0 Å². The van der Waals surface area contributed by atoms with Gasteiger partial charge in [-0.3, -0.25) is 4.72 Å². The molecule has 1 N–H and O–H groups in total. The number of sulfonamides is 1. The lowest BCUT2D eigenvalue weighted by Gasteiger charge is -2.11. The third-order valence-corrected chi connectivity index (χ3v) is 3.91. The van der Waals surface area contributed by atoms with Crippen LogP contribution in [0, 0.1) is 23.3 Å². The van der Waals surface area contributed by atoms with E-state index in [-0.39, 0.29) is 11.9 Å². The van der Waals surface area contributed by atoms with Gasteiger partial charge in [0, 0.05) is 12.1 Å². The zero-order chi connectivity index (χ0) is 16.5. The summed E-state index contributed by atoms with van der Waals surface area (Å²) in [7, 11) is -3.20. The van der Waals surface area contributed by atoms with Crippen molar-refractivity contribution in [3.05, 3.63) is 47.7 Å². The predicted octanol–water partition coefficient (Wildman–Crippen LogP) is 2.45. The van der Waals surface area contributed by atoms with Crippen LogP contribution in [0.4, 0.5) is 23.2 Å². The van der Waals surface area contributed by atoms with Crippen LogP contribution < -0.4 is 9.46 Å². The van der Waals surface area contributed by atoms with Crippen molar-refractivity contribution in [2.45, 2.75) is 4.90 Å². The Kier molecular flexibility index (Phi) is 4.22. The maximum absolute atomic E-state index is 13.5. The lowest BCUT2D eigenvalue weighted by Crippen LogP contribution is -2.16. The second-order valence-corrected chi connectivity index (χ2v) is 5.67. The molecular formula is C12H8F4N2O3S. The third kappa shape index (κ3) is 2.96. The fraction of sp³-hybridized carbons (Fsp3) is 0.0833. The molecule has 0 unspecified atom stereocenters. The standard InChI is InChI=1S/C12H8F4N2O3S/c1-21-9-3-2-6(5-17-9)22(19,20)18-12-10(15)7(13)4-8(14)11(12)16/h2-5,18H,1H3. The molecule has 1 aromatic heterocycles. The van der Waals surface area contributed by atoms with Gasteiger partial charge in [-0.2, -0.15) is 0 Å². The molecule has 0 saturated heterocycles. The number of pyridine rings is 1. The number of hydrogen-bond donors (Lipinski definition) is 1. The van der Waals surface area contributed by atoms with Gasteiger partial charge in [0.2, 0.25) is 5.88 Å². The molecule has 2 rings (SSSR count). The molecule has 0 spiro atoms. The highest BCUT2D eigenvalue weighted by atomic mass is 32.2. The minimum absolute atomic E-state index is 0.0304. The quantitative estimate of drug-likeness (QED) is 0.688. The Balaban J connectivity index is 2.45. The highest BCUT2D eigenvalue weighted by Crippen LogP contribution is 2.26. The van der Waals surface area contributed by atoms with Crippen molar-refractivity contribution in [2.75, 3.05) is 11.8 Å². The van der Waals surface area contributed by atoms with Crippen LogP contribution in [0.1, 0.15) is 0 Å². The van der Waals surface area contributed by atoms with Gasteiger partial charge in [0.1, 0.15) is 10.6 Å². The molecule has 0 radical (unpaired) electrons. The average molecular weight is 336 g/mol. The molecule has 5 nitrogen and oxygen atoms in total. The van der Waals surface area contributed by atoms with Crippen LogP contribution in [-0.2, 0) is 10.0 Å². The molecule has 22 heavy (non-hydrogen) atoms. The maximum atomic E-state index is 13.5. The first-order valence-corrected chi connectivity index (χ1v) is 7.10. The Morgan fingerprint density at radius 1 is 1.09 bits per heavy atom. The van der Waals surface area contributed by atoms with Gasteiger partial charge < -0.3 is 4.74 Å². The minimum atomic E-state index is -4.50. The Labute approximate surface area is 122 Å². The van der Waals surface area contributed by atoms with Gasteiger partial charge in [-0.05, 0) is 6.07 Å². The van der Waals surface area contributed by atoms with Crippen LogP contribution in [0.15, 0.2) is 29.3 Å². The lowest BCUT2D eigenvalue weighted by atomic mass is 10.3. The second kappa shape index (κ2) is 5.79. The topological polar surface area (TPSA) is 68.3 Å². The van der Waals surface area contributed by atoms with Crippen LogP contribution in [0.25, 0.3) is 0 Å². The molecule has 0 aliphatic heterocycles. The van der Waals surface area contributed by atoms with Gasteiger partial charge in [0.05, 0.1) is 13.3 Å². The van der Waals surface area contributed by atoms with E-state index in [9.17, 15) is 26.0 Å². The zero-order valence-electron chi connectivity index (χ0n) is 10.9. The summed E-state index contributed by atoms with van der Waals surface area (Å²) < 4.78 is 83.1. The van der Waals surface area contributed by atoms with Crippen molar-refractivity contribution in [3.8, 4) is 5.88 Å². The molecule has 0 aliphatic rings. The van der Waals surface area contributed by atoms with E-state index in [4.69, 9.17) is 4.74 Å². The van der Waals surface area contributed by atoms with Gasteiger partial charge >= 0.3 is 0 Å². The molecule has 2 aromatic rings. The number of nitrogens with zero attached hydrogens (tertiary/aromatic N) is 1. The highest BCUT2D eigenvalue weighted by Gasteiger charge is 2.24. The summed E-state index contributed by atoms with van der Waals surface area (Å²) in [4.78, 5) is 3.13. The van der Waals surface area contributed by atoms with Gasteiger partial charge in [-0.1, -0.05) is 0 Å². The number of benzene rings is 1. The van der Waals surface area contributed by atoms with E-state index in [1.165, 1.54) is 17.9 Å². The van der Waals surface area contributed by atoms with Crippen molar-refractivity contribution < 1.29 is 30.7 Å². The first kappa shape index (κ1) is 16.0. The number of methoxy groups -OCH3 is 1. The maximum Gasteiger partial charge on any atom is 0.263 e. The largest absolute Gasteiger partial charge is 0.481 e. The van der Waals surface area contributed by atoms with Crippen molar-refractivity contribution >= 4 is 15.7 Å². The smallest absolute Gasteiger partial charge is 0.263 e. The summed E-state index contributed by atoms with van der Waals surface area (Å²) in [5.74, 6) is -7.07. The van der Waals surface area contributed by atoms with Gasteiger partial charge in [-0.15, -0.1) is 0 Å². The molecule has 118 valence electrons. The summed E-state index contributed by atoms with van der Waals surface area (Å²) in [5, 5.41) is 0. The van der Waals surface area contributed by atoms with Crippen molar-refractivity contribution in [1.82, 2.24) is 4.98 Å². The van der Waals surface area contributed by atoms with E-state index < -0.39 is 43.9 Å². The van der Waals surface area contributed by atoms with E-state index >= 15 is 0 Å². The normalized spacial score (nSPS) is 11.3. The fourth-order valence-corrected chi connectivity index (χ4v) is 2.51. The highest BCUT2D eigenvalue weighted by molar-refractivity contribution is 7.92. The summed E-state index contributed by atoms with van der Waals surface area (Å²) in [6, 6.07) is 2.20. The van der Waals surface area contributed by atoms with E-state index in [1.807, 2.05) is 0 Å². The molecule has 10 heteroatoms. The number of ether oxygens (including phenoxy) is 1. The number of rotatable bonds is 4. The monoisotopic (exact) mass is 336 g/mol. The molecule has 0 bridgehead atoms.